The number of carbonyl (C=O) groups excluding carboxylic acids is 1. The van der Waals surface area contributed by atoms with Gasteiger partial charge >= 0.3 is 24.8 Å². The summed E-state index contributed by atoms with van der Waals surface area (Å²) in [7, 11) is 7.49. The number of hydrogen-bond acceptors (Lipinski definition) is 6. The van der Waals surface area contributed by atoms with Crippen LogP contribution in [0.5, 0.6) is 23.0 Å². The van der Waals surface area contributed by atoms with E-state index in [4.69, 9.17) is 23.7 Å². The van der Waals surface area contributed by atoms with E-state index in [-0.39, 0.29) is 24.4 Å². The Labute approximate surface area is 188 Å². The maximum atomic E-state index is 12.9. The van der Waals surface area contributed by atoms with Crippen molar-refractivity contribution in [2.75, 3.05) is 35.5 Å². The summed E-state index contributed by atoms with van der Waals surface area (Å²) in [5.41, 5.74) is 2.23. The minimum Gasteiger partial charge on any atom is -0.540 e. The molecule has 6 nitrogen and oxygen atoms in total. The predicted octanol–water partition coefficient (Wildman–Crippen LogP) is 1.44. The largest absolute Gasteiger partial charge is 1.00 e. The van der Waals surface area contributed by atoms with Crippen LogP contribution in [0.25, 0.3) is 21.9 Å². The van der Waals surface area contributed by atoms with E-state index in [0.717, 1.165) is 10.9 Å². The molecule has 0 aliphatic carbocycles. The first-order valence-corrected chi connectivity index (χ1v) is 8.91. The molecule has 0 aliphatic heterocycles. The Kier molecular flexibility index (Phi) is 7.66. The third kappa shape index (κ3) is 3.81. The molecule has 0 spiro atoms. The summed E-state index contributed by atoms with van der Waals surface area (Å²) in [5.74, 6) is 1.33. The van der Waals surface area contributed by atoms with Crippen LogP contribution < -0.4 is 37.8 Å². The molecule has 3 rings (SSSR count). The topological polar surface area (TPSA) is 63.2 Å². The van der Waals surface area contributed by atoms with Crippen LogP contribution in [-0.2, 0) is 4.74 Å². The first-order chi connectivity index (χ1) is 14.0. The summed E-state index contributed by atoms with van der Waals surface area (Å²) < 4.78 is 27.7. The van der Waals surface area contributed by atoms with Gasteiger partial charge in [-0.05, 0) is 11.6 Å². The van der Waals surface area contributed by atoms with Crippen molar-refractivity contribution >= 4 is 16.7 Å². The summed E-state index contributed by atoms with van der Waals surface area (Å²) in [5, 5.41) is 1.34. The van der Waals surface area contributed by atoms with Gasteiger partial charge in [-0.2, -0.15) is 0 Å². The number of ether oxygens (including phenoxy) is 5. The van der Waals surface area contributed by atoms with Crippen molar-refractivity contribution in [2.24, 2.45) is 0 Å². The zero-order valence-electron chi connectivity index (χ0n) is 18.3. The van der Waals surface area contributed by atoms with Crippen LogP contribution in [0.3, 0.4) is 0 Å². The Morgan fingerprint density at radius 2 is 1.57 bits per heavy atom. The summed E-state index contributed by atoms with van der Waals surface area (Å²) in [6, 6.07) is 12.4. The molecule has 0 amide bonds. The molecule has 7 heteroatoms. The van der Waals surface area contributed by atoms with E-state index in [1.54, 1.807) is 27.4 Å². The van der Waals surface area contributed by atoms with Gasteiger partial charge in [0.2, 0.25) is 0 Å². The normalized spacial score (nSPS) is 10.2. The minimum absolute atomic E-state index is 0. The van der Waals surface area contributed by atoms with Crippen molar-refractivity contribution in [3.8, 4) is 34.1 Å². The van der Waals surface area contributed by atoms with E-state index >= 15 is 0 Å². The molecule has 152 valence electrons. The number of esters is 1. The smallest absolute Gasteiger partial charge is 0.540 e. The van der Waals surface area contributed by atoms with Crippen LogP contribution in [0.1, 0.15) is 15.9 Å². The molecule has 30 heavy (non-hydrogen) atoms. The van der Waals surface area contributed by atoms with E-state index in [1.165, 1.54) is 14.2 Å². The molecule has 0 atom stereocenters. The van der Waals surface area contributed by atoms with Crippen LogP contribution >= 0.6 is 0 Å². The van der Waals surface area contributed by atoms with E-state index in [1.807, 2.05) is 31.2 Å². The first-order valence-electron chi connectivity index (χ1n) is 8.91. The van der Waals surface area contributed by atoms with Gasteiger partial charge in [-0.3, -0.25) is 0 Å². The van der Waals surface area contributed by atoms with Gasteiger partial charge in [-0.15, -0.1) is 23.8 Å². The van der Waals surface area contributed by atoms with E-state index in [9.17, 15) is 4.79 Å². The van der Waals surface area contributed by atoms with Gasteiger partial charge in [-0.1, -0.05) is 24.6 Å². The van der Waals surface area contributed by atoms with Crippen LogP contribution in [0.4, 0.5) is 0 Å². The van der Waals surface area contributed by atoms with Crippen molar-refractivity contribution in [1.29, 1.82) is 0 Å². The van der Waals surface area contributed by atoms with Crippen LogP contribution in [0.15, 0.2) is 30.3 Å². The van der Waals surface area contributed by atoms with Crippen LogP contribution in [-0.4, -0.2) is 41.5 Å². The number of rotatable bonds is 6. The molecule has 0 bridgehead atoms. The second-order valence-corrected chi connectivity index (χ2v) is 6.31. The van der Waals surface area contributed by atoms with Crippen molar-refractivity contribution in [3.63, 3.8) is 0 Å². The van der Waals surface area contributed by atoms with E-state index < -0.39 is 5.97 Å². The molecule has 0 saturated heterocycles. The minimum atomic E-state index is -0.570. The molecular formula is C23H23LiO6. The molecule has 0 heterocycles. The summed E-state index contributed by atoms with van der Waals surface area (Å²) in [4.78, 5) is 12.9. The zero-order valence-corrected chi connectivity index (χ0v) is 18.3. The van der Waals surface area contributed by atoms with Gasteiger partial charge in [0.1, 0.15) is 11.5 Å². The van der Waals surface area contributed by atoms with Gasteiger partial charge < -0.3 is 23.7 Å². The fraction of sp³-hybridized carbons (Fsp3) is 0.261. The Hall–Kier alpha value is -2.81. The summed E-state index contributed by atoms with van der Waals surface area (Å²) in [6.45, 7) is 1.94. The van der Waals surface area contributed by atoms with Crippen molar-refractivity contribution in [3.05, 3.63) is 47.5 Å². The first kappa shape index (κ1) is 23.5. The van der Waals surface area contributed by atoms with Gasteiger partial charge in [-0.25, -0.2) is 4.79 Å². The number of methoxy groups -OCH3 is 5. The fourth-order valence-corrected chi connectivity index (χ4v) is 3.50. The Balaban J connectivity index is 0.00000320. The molecule has 0 N–H and O–H groups in total. The number of fused-ring (bicyclic) bond motifs is 1. The number of hydrogen-bond donors (Lipinski definition) is 0. The van der Waals surface area contributed by atoms with E-state index in [2.05, 4.69) is 6.07 Å². The molecule has 0 unspecified atom stereocenters. The molecule has 0 saturated carbocycles. The third-order valence-corrected chi connectivity index (χ3v) is 4.74. The monoisotopic (exact) mass is 402 g/mol. The third-order valence-electron chi connectivity index (χ3n) is 4.74. The maximum absolute atomic E-state index is 12.9. The summed E-state index contributed by atoms with van der Waals surface area (Å²) in [6.07, 6.45) is 0. The predicted molar refractivity (Wildman–Crippen MR) is 111 cm³/mol. The van der Waals surface area contributed by atoms with Gasteiger partial charge in [0.25, 0.3) is 0 Å². The molecule has 3 aromatic carbocycles. The van der Waals surface area contributed by atoms with Crippen molar-refractivity contribution in [1.82, 2.24) is 0 Å². The average Bonchev–Trinajstić information content (AvgIpc) is 2.76. The average molecular weight is 402 g/mol. The standard InChI is InChI=1S/C23H23O6.Li/c1-13-10-11-14(17(12-13)26-3)19-20(23(24)29-6)22(28-5)18-15(21(19)27-4)8-7-9-16(18)25-2;/h7-10,12H,1-6H3;/q-1;+1. The number of aryl methyl sites for hydroxylation is 1. The fourth-order valence-electron chi connectivity index (χ4n) is 3.50. The SMILES string of the molecule is COC(=O)c1c(-c2[c-]cc(C)cc2OC)c(OC)c2cccc(OC)c2c1OC.[Li+]. The van der Waals surface area contributed by atoms with Gasteiger partial charge in [0.15, 0.2) is 0 Å². The quantitative estimate of drug-likeness (QED) is 0.353. The Morgan fingerprint density at radius 3 is 2.13 bits per heavy atom. The maximum Gasteiger partial charge on any atom is 1.00 e. The Bertz CT molecular complexity index is 1080. The van der Waals surface area contributed by atoms with Gasteiger partial charge in [0.05, 0.1) is 52.2 Å². The van der Waals surface area contributed by atoms with Crippen LogP contribution in [0.2, 0.25) is 0 Å². The zero-order chi connectivity index (χ0) is 21.1. The summed E-state index contributed by atoms with van der Waals surface area (Å²) >= 11 is 0. The molecule has 3 aromatic rings. The molecule has 0 aliphatic rings. The van der Waals surface area contributed by atoms with Gasteiger partial charge in [0, 0.05) is 11.1 Å². The Morgan fingerprint density at radius 1 is 0.900 bits per heavy atom. The second-order valence-electron chi connectivity index (χ2n) is 6.31. The molecule has 0 radical (unpaired) electrons. The molecule has 0 aromatic heterocycles. The molecule has 0 fully saturated rings. The molecular weight excluding hydrogens is 379 g/mol. The second kappa shape index (κ2) is 9.79. The van der Waals surface area contributed by atoms with Crippen molar-refractivity contribution < 1.29 is 47.3 Å². The van der Waals surface area contributed by atoms with E-state index in [0.29, 0.717) is 39.5 Å². The number of carbonyl (C=O) groups is 1. The van der Waals surface area contributed by atoms with Crippen LogP contribution in [0, 0.1) is 13.0 Å². The van der Waals surface area contributed by atoms with Crippen molar-refractivity contribution in [2.45, 2.75) is 6.92 Å². The number of benzene rings is 3.